The summed E-state index contributed by atoms with van der Waals surface area (Å²) in [6.45, 7) is 4.00. The van der Waals surface area contributed by atoms with Gasteiger partial charge in [-0.1, -0.05) is 13.8 Å². The smallest absolute Gasteiger partial charge is 0.116 e. The maximum absolute atomic E-state index is 5.57. The van der Waals surface area contributed by atoms with Gasteiger partial charge in [0.2, 0.25) is 0 Å². The Morgan fingerprint density at radius 2 is 2.00 bits per heavy atom. The molecule has 68 valence electrons. The van der Waals surface area contributed by atoms with Crippen molar-refractivity contribution in [2.75, 3.05) is 5.73 Å². The molecule has 1 heterocycles. The lowest BCUT2D eigenvalue weighted by molar-refractivity contribution is 1.22. The zero-order valence-electron chi connectivity index (χ0n) is 7.86. The molecule has 2 aromatic rings. The number of hydrogen-bond acceptors (Lipinski definition) is 3. The van der Waals surface area contributed by atoms with E-state index in [9.17, 15) is 0 Å². The molecule has 13 heavy (non-hydrogen) atoms. The van der Waals surface area contributed by atoms with Crippen molar-refractivity contribution in [3.63, 3.8) is 0 Å². The van der Waals surface area contributed by atoms with E-state index in [1.165, 1.54) is 6.33 Å². The Kier molecular flexibility index (Phi) is 3.20. The number of nitrogens with two attached hydrogens (primary N) is 1. The molecule has 3 nitrogen and oxygen atoms in total. The molecule has 2 N–H and O–H groups in total. The molecular formula is C10H13N3. The van der Waals surface area contributed by atoms with Gasteiger partial charge in [0.25, 0.3) is 0 Å². The minimum Gasteiger partial charge on any atom is -0.399 e. The second-order valence-electron chi connectivity index (χ2n) is 2.34. The number of aromatic nitrogens is 2. The average molecular weight is 175 g/mol. The molecule has 0 bridgehead atoms. The molecule has 1 aromatic carbocycles. The Labute approximate surface area is 77.6 Å². The van der Waals surface area contributed by atoms with Gasteiger partial charge in [0.05, 0.1) is 5.52 Å². The maximum atomic E-state index is 5.57. The Hall–Kier alpha value is -1.64. The number of anilines is 1. The van der Waals surface area contributed by atoms with Crippen molar-refractivity contribution in [3.8, 4) is 0 Å². The fraction of sp³-hybridized carbons (Fsp3) is 0.200. The second-order valence-corrected chi connectivity index (χ2v) is 2.34. The molecule has 0 fully saturated rings. The summed E-state index contributed by atoms with van der Waals surface area (Å²) in [5, 5.41) is 0.979. The molecule has 0 amide bonds. The number of fused-ring (bicyclic) bond motifs is 1. The summed E-state index contributed by atoms with van der Waals surface area (Å²) in [4.78, 5) is 7.94. The molecule has 0 aliphatic rings. The molecule has 3 heteroatoms. The van der Waals surface area contributed by atoms with Crippen molar-refractivity contribution >= 4 is 16.6 Å². The third-order valence-corrected chi connectivity index (χ3v) is 1.53. The van der Waals surface area contributed by atoms with E-state index in [2.05, 4.69) is 9.97 Å². The number of nitrogens with zero attached hydrogens (tertiary/aromatic N) is 2. The van der Waals surface area contributed by atoms with Crippen LogP contribution in [0.25, 0.3) is 10.9 Å². The lowest BCUT2D eigenvalue weighted by atomic mass is 10.2. The van der Waals surface area contributed by atoms with E-state index in [0.29, 0.717) is 0 Å². The van der Waals surface area contributed by atoms with E-state index in [-0.39, 0.29) is 0 Å². The minimum atomic E-state index is 0.743. The molecule has 1 aromatic heterocycles. The van der Waals surface area contributed by atoms with Crippen LogP contribution in [0.1, 0.15) is 13.8 Å². The van der Waals surface area contributed by atoms with Crippen LogP contribution in [-0.2, 0) is 0 Å². The fourth-order valence-electron chi connectivity index (χ4n) is 1.00. The second kappa shape index (κ2) is 4.40. The van der Waals surface area contributed by atoms with E-state index in [4.69, 9.17) is 5.73 Å². The molecule has 0 saturated heterocycles. The molecule has 0 aliphatic heterocycles. The van der Waals surface area contributed by atoms with Crippen LogP contribution in [0.3, 0.4) is 0 Å². The van der Waals surface area contributed by atoms with Crippen LogP contribution < -0.4 is 5.73 Å². The van der Waals surface area contributed by atoms with Crippen LogP contribution in [0.2, 0.25) is 0 Å². The van der Waals surface area contributed by atoms with Crippen LogP contribution >= 0.6 is 0 Å². The van der Waals surface area contributed by atoms with E-state index in [1.54, 1.807) is 6.20 Å². The van der Waals surface area contributed by atoms with Gasteiger partial charge in [0.1, 0.15) is 6.33 Å². The molecule has 0 radical (unpaired) electrons. The fourth-order valence-corrected chi connectivity index (χ4v) is 1.00. The maximum Gasteiger partial charge on any atom is 0.116 e. The highest BCUT2D eigenvalue weighted by atomic mass is 14.8. The quantitative estimate of drug-likeness (QED) is 0.625. The van der Waals surface area contributed by atoms with Crippen LogP contribution in [0.4, 0.5) is 5.69 Å². The van der Waals surface area contributed by atoms with Gasteiger partial charge in [-0.2, -0.15) is 0 Å². The van der Waals surface area contributed by atoms with Crippen molar-refractivity contribution in [2.45, 2.75) is 13.8 Å². The summed E-state index contributed by atoms with van der Waals surface area (Å²) in [7, 11) is 0. The lowest BCUT2D eigenvalue weighted by Gasteiger charge is -1.95. The predicted octanol–water partition coefficient (Wildman–Crippen LogP) is 2.24. The van der Waals surface area contributed by atoms with Crippen LogP contribution in [0.15, 0.2) is 30.7 Å². The van der Waals surface area contributed by atoms with Gasteiger partial charge in [-0.25, -0.2) is 9.97 Å². The van der Waals surface area contributed by atoms with E-state index < -0.39 is 0 Å². The van der Waals surface area contributed by atoms with Gasteiger partial charge in [0.15, 0.2) is 0 Å². The zero-order valence-corrected chi connectivity index (χ0v) is 7.86. The van der Waals surface area contributed by atoms with Crippen molar-refractivity contribution < 1.29 is 0 Å². The van der Waals surface area contributed by atoms with Crippen molar-refractivity contribution in [3.05, 3.63) is 30.7 Å². The lowest BCUT2D eigenvalue weighted by Crippen LogP contribution is -1.85. The number of rotatable bonds is 0. The Morgan fingerprint density at radius 3 is 2.77 bits per heavy atom. The molecule has 0 aliphatic carbocycles. The first-order valence-corrected chi connectivity index (χ1v) is 4.31. The predicted molar refractivity (Wildman–Crippen MR) is 55.3 cm³/mol. The average Bonchev–Trinajstić information content (AvgIpc) is 2.21. The van der Waals surface area contributed by atoms with Crippen LogP contribution in [0, 0.1) is 0 Å². The summed E-state index contributed by atoms with van der Waals surface area (Å²) >= 11 is 0. The highest BCUT2D eigenvalue weighted by molar-refractivity contribution is 5.80. The van der Waals surface area contributed by atoms with Gasteiger partial charge in [-0.05, 0) is 18.2 Å². The molecule has 0 spiro atoms. The number of benzene rings is 1. The number of nitrogen functional groups attached to an aromatic ring is 1. The molecule has 2 rings (SSSR count). The van der Waals surface area contributed by atoms with Gasteiger partial charge < -0.3 is 5.73 Å². The molecule has 0 unspecified atom stereocenters. The van der Waals surface area contributed by atoms with Crippen molar-refractivity contribution in [1.29, 1.82) is 0 Å². The minimum absolute atomic E-state index is 0.743. The zero-order chi connectivity index (χ0) is 9.68. The van der Waals surface area contributed by atoms with Gasteiger partial charge in [0, 0.05) is 17.3 Å². The first kappa shape index (κ1) is 9.45. The van der Waals surface area contributed by atoms with Crippen molar-refractivity contribution in [1.82, 2.24) is 9.97 Å². The monoisotopic (exact) mass is 175 g/mol. The molecule has 0 saturated carbocycles. The third-order valence-electron chi connectivity index (χ3n) is 1.53. The Bertz CT molecular complexity index is 385. The van der Waals surface area contributed by atoms with Crippen LogP contribution in [0.5, 0.6) is 0 Å². The SMILES string of the molecule is CC.Nc1ccc2ncncc2c1. The number of hydrogen-bond donors (Lipinski definition) is 1. The van der Waals surface area contributed by atoms with Gasteiger partial charge >= 0.3 is 0 Å². The highest BCUT2D eigenvalue weighted by Crippen LogP contribution is 2.12. The largest absolute Gasteiger partial charge is 0.399 e. The van der Waals surface area contributed by atoms with Gasteiger partial charge in [-0.15, -0.1) is 0 Å². The standard InChI is InChI=1S/C8H7N3.C2H6/c9-7-1-2-8-6(3-7)4-10-5-11-8;1-2/h1-5H,9H2;1-2H3. The summed E-state index contributed by atoms with van der Waals surface area (Å²) in [5.41, 5.74) is 7.24. The van der Waals surface area contributed by atoms with Gasteiger partial charge in [-0.3, -0.25) is 0 Å². The van der Waals surface area contributed by atoms with Crippen LogP contribution in [-0.4, -0.2) is 9.97 Å². The first-order valence-electron chi connectivity index (χ1n) is 4.31. The van der Waals surface area contributed by atoms with E-state index >= 15 is 0 Å². The Balaban J connectivity index is 0.000000396. The van der Waals surface area contributed by atoms with Crippen molar-refractivity contribution in [2.24, 2.45) is 0 Å². The molecule has 0 atom stereocenters. The Morgan fingerprint density at radius 1 is 1.23 bits per heavy atom. The third kappa shape index (κ3) is 2.15. The summed E-state index contributed by atoms with van der Waals surface area (Å²) in [6, 6.07) is 5.57. The highest BCUT2D eigenvalue weighted by Gasteiger charge is 1.92. The summed E-state index contributed by atoms with van der Waals surface area (Å²) in [6.07, 6.45) is 3.28. The topological polar surface area (TPSA) is 51.8 Å². The van der Waals surface area contributed by atoms with E-state index in [0.717, 1.165) is 16.6 Å². The van der Waals surface area contributed by atoms with E-state index in [1.807, 2.05) is 32.0 Å². The first-order chi connectivity index (χ1) is 6.36. The summed E-state index contributed by atoms with van der Waals surface area (Å²) in [5.74, 6) is 0. The molecular weight excluding hydrogens is 162 g/mol. The summed E-state index contributed by atoms with van der Waals surface area (Å²) < 4.78 is 0. The normalized spacial score (nSPS) is 9.08.